The van der Waals surface area contributed by atoms with Gasteiger partial charge in [-0.15, -0.1) is 12.6 Å². The van der Waals surface area contributed by atoms with E-state index in [9.17, 15) is 26.7 Å². The van der Waals surface area contributed by atoms with E-state index in [2.05, 4.69) is 12.6 Å². The molecule has 0 saturated carbocycles. The third kappa shape index (κ3) is 6.10. The molecule has 0 bridgehead atoms. The first-order valence-corrected chi connectivity index (χ1v) is 13.9. The predicted molar refractivity (Wildman–Crippen MR) is 135 cm³/mol. The van der Waals surface area contributed by atoms with E-state index in [1.165, 1.54) is 34.6 Å². The Balaban J connectivity index is 1.55. The molecular weight excluding hydrogens is 529 g/mol. The summed E-state index contributed by atoms with van der Waals surface area (Å²) in [6.45, 7) is 2.59. The van der Waals surface area contributed by atoms with E-state index in [0.29, 0.717) is 37.3 Å². The molecule has 1 N–H and O–H groups in total. The van der Waals surface area contributed by atoms with Gasteiger partial charge in [-0.25, -0.2) is 8.42 Å². The maximum atomic E-state index is 13.4. The first-order valence-electron chi connectivity index (χ1n) is 12.0. The molecule has 2 aliphatic heterocycles. The summed E-state index contributed by atoms with van der Waals surface area (Å²) in [6.07, 6.45) is -2.96. The van der Waals surface area contributed by atoms with Crippen molar-refractivity contribution < 1.29 is 36.2 Å². The summed E-state index contributed by atoms with van der Waals surface area (Å²) in [5.41, 5.74) is -2.65. The molecule has 2 aromatic rings. The lowest BCUT2D eigenvalue weighted by Gasteiger charge is -2.42. The Kier molecular flexibility index (Phi) is 8.46. The van der Waals surface area contributed by atoms with E-state index in [-0.39, 0.29) is 36.3 Å². The largest absolute Gasteiger partial charge is 0.421 e. The zero-order valence-corrected chi connectivity index (χ0v) is 22.1. The zero-order chi connectivity index (χ0) is 26.8. The molecule has 12 heteroatoms. The highest BCUT2D eigenvalue weighted by Crippen LogP contribution is 2.39. The Morgan fingerprint density at radius 1 is 1.11 bits per heavy atom. The number of aliphatic hydroxyl groups is 1. The lowest BCUT2D eigenvalue weighted by atomic mass is 9.95. The van der Waals surface area contributed by atoms with Crippen LogP contribution in [-0.4, -0.2) is 75.6 Å². The maximum absolute atomic E-state index is 13.4. The van der Waals surface area contributed by atoms with Gasteiger partial charge in [0.1, 0.15) is 0 Å². The number of hydrogen-bond donors (Lipinski definition) is 2. The summed E-state index contributed by atoms with van der Waals surface area (Å²) in [4.78, 5) is 2.40. The van der Waals surface area contributed by atoms with Gasteiger partial charge in [0.2, 0.25) is 10.0 Å². The number of alkyl halides is 3. The summed E-state index contributed by atoms with van der Waals surface area (Å²) in [7, 11) is -3.82. The molecule has 7 nitrogen and oxygen atoms in total. The van der Waals surface area contributed by atoms with Crippen LogP contribution in [0, 0.1) is 0 Å². The van der Waals surface area contributed by atoms with Gasteiger partial charge >= 0.3 is 6.18 Å². The highest BCUT2D eigenvalue weighted by atomic mass is 32.2. The first kappa shape index (κ1) is 28.2. The van der Waals surface area contributed by atoms with Gasteiger partial charge in [0, 0.05) is 36.8 Å². The monoisotopic (exact) mass is 560 g/mol. The van der Waals surface area contributed by atoms with E-state index in [4.69, 9.17) is 9.47 Å². The van der Waals surface area contributed by atoms with E-state index in [1.807, 2.05) is 4.90 Å². The Morgan fingerprint density at radius 3 is 2.43 bits per heavy atom. The SMILES string of the molecule is C[C@@](O)(c1ccc(N2CCN(S(=O)(=O)c3ccccc3S)C[C@@H]2COC[C@H]2CCCO2)cc1)C(F)(F)F. The van der Waals surface area contributed by atoms with Crippen LogP contribution in [0.4, 0.5) is 18.9 Å². The molecule has 2 aromatic carbocycles. The molecule has 0 aliphatic carbocycles. The number of rotatable bonds is 8. The van der Waals surface area contributed by atoms with E-state index in [1.54, 1.807) is 18.2 Å². The minimum Gasteiger partial charge on any atom is -0.377 e. The molecule has 0 amide bonds. The molecule has 2 heterocycles. The molecule has 2 aliphatic rings. The third-order valence-corrected chi connectivity index (χ3v) is 9.34. The lowest BCUT2D eigenvalue weighted by molar-refractivity contribution is -0.258. The number of piperazine rings is 1. The van der Waals surface area contributed by atoms with Crippen LogP contribution >= 0.6 is 12.6 Å². The highest BCUT2D eigenvalue weighted by molar-refractivity contribution is 7.90. The van der Waals surface area contributed by atoms with Crippen LogP contribution in [0.1, 0.15) is 25.3 Å². The standard InChI is InChI=1S/C25H31F3N2O5S2/c1-24(31,25(26,27)28)18-8-10-19(11-9-18)30-13-12-29(37(32,33)23-7-3-2-6-22(23)36)15-20(30)16-34-17-21-5-4-14-35-21/h2-3,6-11,20-21,31,36H,4-5,12-17H2,1H3/t20-,21-,24-/m1/s1. The van der Waals surface area contributed by atoms with E-state index >= 15 is 0 Å². The Morgan fingerprint density at radius 2 is 1.81 bits per heavy atom. The smallest absolute Gasteiger partial charge is 0.377 e. The number of nitrogens with zero attached hydrogens (tertiary/aromatic N) is 2. The van der Waals surface area contributed by atoms with Crippen LogP contribution < -0.4 is 4.90 Å². The minimum absolute atomic E-state index is 0.00295. The molecular formula is C25H31F3N2O5S2. The van der Waals surface area contributed by atoms with Crippen LogP contribution in [0.3, 0.4) is 0 Å². The topological polar surface area (TPSA) is 79.3 Å². The van der Waals surface area contributed by atoms with Crippen molar-refractivity contribution in [3.8, 4) is 0 Å². The summed E-state index contributed by atoms with van der Waals surface area (Å²) in [6, 6.07) is 11.6. The molecule has 2 fully saturated rings. The summed E-state index contributed by atoms with van der Waals surface area (Å²) >= 11 is 4.31. The second kappa shape index (κ2) is 11.1. The molecule has 0 spiro atoms. The Labute approximate surface area is 220 Å². The average Bonchev–Trinajstić information content (AvgIpc) is 3.37. The van der Waals surface area contributed by atoms with Crippen molar-refractivity contribution in [3.05, 3.63) is 54.1 Å². The van der Waals surface area contributed by atoms with Crippen molar-refractivity contribution in [2.75, 3.05) is 44.4 Å². The number of halogens is 3. The number of sulfonamides is 1. The van der Waals surface area contributed by atoms with Crippen LogP contribution in [0.5, 0.6) is 0 Å². The molecule has 204 valence electrons. The molecule has 0 unspecified atom stereocenters. The van der Waals surface area contributed by atoms with E-state index in [0.717, 1.165) is 12.8 Å². The van der Waals surface area contributed by atoms with Crippen molar-refractivity contribution in [1.82, 2.24) is 4.31 Å². The van der Waals surface area contributed by atoms with Gasteiger partial charge in [0.05, 0.1) is 30.3 Å². The average molecular weight is 561 g/mol. The van der Waals surface area contributed by atoms with Crippen LogP contribution in [0.15, 0.2) is 58.3 Å². The lowest BCUT2D eigenvalue weighted by Crippen LogP contribution is -2.56. The number of thiol groups is 1. The van der Waals surface area contributed by atoms with E-state index < -0.39 is 27.8 Å². The molecule has 0 radical (unpaired) electrons. The fourth-order valence-corrected chi connectivity index (χ4v) is 6.65. The van der Waals surface area contributed by atoms with Crippen molar-refractivity contribution in [3.63, 3.8) is 0 Å². The zero-order valence-electron chi connectivity index (χ0n) is 20.4. The number of anilines is 1. The van der Waals surface area contributed by atoms with Crippen molar-refractivity contribution in [2.45, 2.75) is 53.5 Å². The molecule has 0 aromatic heterocycles. The van der Waals surface area contributed by atoms with Crippen LogP contribution in [-0.2, 0) is 25.1 Å². The molecule has 37 heavy (non-hydrogen) atoms. The van der Waals surface area contributed by atoms with Crippen molar-refractivity contribution in [2.24, 2.45) is 0 Å². The van der Waals surface area contributed by atoms with Gasteiger partial charge in [-0.2, -0.15) is 17.5 Å². The summed E-state index contributed by atoms with van der Waals surface area (Å²) in [5, 5.41) is 10.0. The van der Waals surface area contributed by atoms with Crippen LogP contribution in [0.2, 0.25) is 0 Å². The quantitative estimate of drug-likeness (QED) is 0.478. The predicted octanol–water partition coefficient (Wildman–Crippen LogP) is 3.82. The van der Waals surface area contributed by atoms with Gasteiger partial charge < -0.3 is 19.5 Å². The minimum atomic E-state index is -4.82. The van der Waals surface area contributed by atoms with Gasteiger partial charge in [-0.3, -0.25) is 0 Å². The fraction of sp³-hybridized carbons (Fsp3) is 0.520. The van der Waals surface area contributed by atoms with Gasteiger partial charge in [0.15, 0.2) is 5.60 Å². The fourth-order valence-electron chi connectivity index (χ4n) is 4.59. The van der Waals surface area contributed by atoms with Gasteiger partial charge in [-0.05, 0) is 49.6 Å². The first-order chi connectivity index (χ1) is 17.4. The third-order valence-electron chi connectivity index (χ3n) is 6.88. The van der Waals surface area contributed by atoms with Gasteiger partial charge in [0.25, 0.3) is 0 Å². The molecule has 3 atom stereocenters. The summed E-state index contributed by atoms with van der Waals surface area (Å²) < 4.78 is 79.5. The molecule has 4 rings (SSSR count). The Bertz CT molecular complexity index is 1170. The second-order valence-electron chi connectivity index (χ2n) is 9.47. The van der Waals surface area contributed by atoms with Gasteiger partial charge in [-0.1, -0.05) is 24.3 Å². The number of ether oxygens (including phenoxy) is 2. The summed E-state index contributed by atoms with van der Waals surface area (Å²) in [5.74, 6) is 0. The van der Waals surface area contributed by atoms with Crippen molar-refractivity contribution >= 4 is 28.3 Å². The highest BCUT2D eigenvalue weighted by Gasteiger charge is 2.51. The Hall–Kier alpha value is -1.83. The number of benzene rings is 2. The van der Waals surface area contributed by atoms with Crippen molar-refractivity contribution in [1.29, 1.82) is 0 Å². The van der Waals surface area contributed by atoms with Crippen LogP contribution in [0.25, 0.3) is 0 Å². The second-order valence-corrected chi connectivity index (χ2v) is 11.9. The normalized spacial score (nSPS) is 23.2. The maximum Gasteiger partial charge on any atom is 0.421 e. The number of hydrogen-bond acceptors (Lipinski definition) is 7. The molecule has 2 saturated heterocycles.